The normalized spacial score (nSPS) is 13.5. The molecule has 1 aliphatic heterocycles. The second kappa shape index (κ2) is 12.9. The molecule has 0 bridgehead atoms. The van der Waals surface area contributed by atoms with Crippen LogP contribution in [0.25, 0.3) is 6.08 Å². The second-order valence-corrected chi connectivity index (χ2v) is 9.84. The highest BCUT2D eigenvalue weighted by atomic mass is 79.9. The van der Waals surface area contributed by atoms with Crippen molar-refractivity contribution < 1.29 is 14.5 Å². The number of piperazine rings is 1. The minimum atomic E-state index is -0.444. The van der Waals surface area contributed by atoms with Crippen molar-refractivity contribution in [3.8, 4) is 11.8 Å². The first-order valence-electron chi connectivity index (χ1n) is 12.4. The van der Waals surface area contributed by atoms with Crippen LogP contribution in [0.2, 0.25) is 0 Å². The van der Waals surface area contributed by atoms with Gasteiger partial charge < -0.3 is 14.5 Å². The van der Waals surface area contributed by atoms with Crippen LogP contribution in [0.4, 0.5) is 11.4 Å². The fourth-order valence-electron chi connectivity index (χ4n) is 4.43. The van der Waals surface area contributed by atoms with Crippen LogP contribution in [-0.4, -0.2) is 41.9 Å². The summed E-state index contributed by atoms with van der Waals surface area (Å²) in [5, 5.41) is 20.9. The van der Waals surface area contributed by atoms with Crippen molar-refractivity contribution >= 4 is 39.3 Å². The van der Waals surface area contributed by atoms with Crippen molar-refractivity contribution in [1.82, 2.24) is 4.90 Å². The van der Waals surface area contributed by atoms with E-state index < -0.39 is 4.92 Å². The summed E-state index contributed by atoms with van der Waals surface area (Å²) in [4.78, 5) is 27.8. The van der Waals surface area contributed by atoms with Gasteiger partial charge in [0.05, 0.1) is 9.40 Å². The summed E-state index contributed by atoms with van der Waals surface area (Å²) < 4.78 is 6.67. The number of allylic oxidation sites excluding steroid dienone is 1. The molecule has 3 aromatic carbocycles. The van der Waals surface area contributed by atoms with E-state index in [1.165, 1.54) is 12.1 Å². The number of para-hydroxylation sites is 1. The number of amides is 1. The van der Waals surface area contributed by atoms with Gasteiger partial charge in [0, 0.05) is 44.0 Å². The molecule has 0 saturated carbocycles. The molecule has 0 atom stereocenters. The highest BCUT2D eigenvalue weighted by molar-refractivity contribution is 9.10. The first-order chi connectivity index (χ1) is 18.9. The predicted octanol–water partition coefficient (Wildman–Crippen LogP) is 5.92. The molecule has 0 N–H and O–H groups in total. The molecule has 1 amide bonds. The molecule has 1 saturated heterocycles. The Morgan fingerprint density at radius 1 is 1.10 bits per heavy atom. The summed E-state index contributed by atoms with van der Waals surface area (Å²) in [6.07, 6.45) is 3.81. The highest BCUT2D eigenvalue weighted by Crippen LogP contribution is 2.33. The van der Waals surface area contributed by atoms with Gasteiger partial charge in [-0.05, 0) is 69.4 Å². The van der Waals surface area contributed by atoms with Gasteiger partial charge in [0.2, 0.25) is 0 Å². The van der Waals surface area contributed by atoms with Gasteiger partial charge in [-0.2, -0.15) is 5.26 Å². The predicted molar refractivity (Wildman–Crippen MR) is 154 cm³/mol. The quantitative estimate of drug-likeness (QED) is 0.101. The average Bonchev–Trinajstić information content (AvgIpc) is 2.96. The van der Waals surface area contributed by atoms with Crippen LogP contribution in [0.1, 0.15) is 16.7 Å². The van der Waals surface area contributed by atoms with Crippen molar-refractivity contribution in [3.05, 3.63) is 116 Å². The number of halogens is 1. The standard InChI is InChI=1S/C30H27BrN4O4/c1-2-7-24-16-23(19-28(31)29(24)39-21-22-8-6-11-27(18-22)35(37)38)17-25(20-32)30(36)34-14-12-33(13-15-34)26-9-4-3-5-10-26/h2-6,8-11,16-19H,1,7,12-15,21H2/b25-17-. The van der Waals surface area contributed by atoms with E-state index in [0.717, 1.165) is 11.3 Å². The minimum Gasteiger partial charge on any atom is -0.487 e. The number of nitriles is 1. The van der Waals surface area contributed by atoms with Gasteiger partial charge in [0.25, 0.3) is 11.6 Å². The largest absolute Gasteiger partial charge is 0.487 e. The molecule has 0 spiro atoms. The fourth-order valence-corrected chi connectivity index (χ4v) is 5.06. The number of nitro groups is 1. The van der Waals surface area contributed by atoms with E-state index in [1.54, 1.807) is 35.3 Å². The number of ether oxygens (including phenoxy) is 1. The zero-order valence-electron chi connectivity index (χ0n) is 21.3. The van der Waals surface area contributed by atoms with Gasteiger partial charge in [-0.3, -0.25) is 14.9 Å². The van der Waals surface area contributed by atoms with E-state index in [-0.39, 0.29) is 23.8 Å². The molecule has 0 aromatic heterocycles. The molecule has 3 aromatic rings. The third-order valence-electron chi connectivity index (χ3n) is 6.36. The van der Waals surface area contributed by atoms with Crippen LogP contribution >= 0.6 is 15.9 Å². The lowest BCUT2D eigenvalue weighted by atomic mass is 10.0. The maximum absolute atomic E-state index is 13.2. The van der Waals surface area contributed by atoms with Crippen molar-refractivity contribution in [2.24, 2.45) is 0 Å². The summed E-state index contributed by atoms with van der Waals surface area (Å²) in [5.41, 5.74) is 3.32. The summed E-state index contributed by atoms with van der Waals surface area (Å²) >= 11 is 3.55. The number of benzene rings is 3. The molecule has 4 rings (SSSR count). The van der Waals surface area contributed by atoms with E-state index in [2.05, 4.69) is 33.5 Å². The Morgan fingerprint density at radius 3 is 2.51 bits per heavy atom. The summed E-state index contributed by atoms with van der Waals surface area (Å²) in [6, 6.07) is 22.1. The lowest BCUT2D eigenvalue weighted by molar-refractivity contribution is -0.384. The number of hydrogen-bond donors (Lipinski definition) is 0. The number of carbonyl (C=O) groups is 1. The van der Waals surface area contributed by atoms with Gasteiger partial charge >= 0.3 is 0 Å². The molecule has 1 heterocycles. The molecule has 0 aliphatic carbocycles. The fraction of sp³-hybridized carbons (Fsp3) is 0.200. The maximum atomic E-state index is 13.2. The Bertz CT molecular complexity index is 1440. The number of nitrogens with zero attached hydrogens (tertiary/aromatic N) is 4. The van der Waals surface area contributed by atoms with E-state index in [0.29, 0.717) is 53.9 Å². The monoisotopic (exact) mass is 586 g/mol. The maximum Gasteiger partial charge on any atom is 0.269 e. The van der Waals surface area contributed by atoms with Gasteiger partial charge in [-0.1, -0.05) is 36.4 Å². The van der Waals surface area contributed by atoms with Crippen molar-refractivity contribution in [2.75, 3.05) is 31.1 Å². The van der Waals surface area contributed by atoms with Crippen molar-refractivity contribution in [3.63, 3.8) is 0 Å². The van der Waals surface area contributed by atoms with Gasteiger partial charge in [0.1, 0.15) is 24.0 Å². The van der Waals surface area contributed by atoms with Gasteiger partial charge in [0.15, 0.2) is 0 Å². The molecule has 1 fully saturated rings. The zero-order chi connectivity index (χ0) is 27.8. The van der Waals surface area contributed by atoms with Crippen LogP contribution in [-0.2, 0) is 17.8 Å². The Hall–Kier alpha value is -4.42. The summed E-state index contributed by atoms with van der Waals surface area (Å²) in [5.74, 6) is 0.276. The van der Waals surface area contributed by atoms with Crippen LogP contribution in [0.15, 0.2) is 89.4 Å². The Kier molecular flexibility index (Phi) is 9.13. The first kappa shape index (κ1) is 27.6. The Labute approximate surface area is 235 Å². The smallest absolute Gasteiger partial charge is 0.269 e. The van der Waals surface area contributed by atoms with Crippen LogP contribution in [0.3, 0.4) is 0 Å². The third-order valence-corrected chi connectivity index (χ3v) is 6.95. The molecule has 1 aliphatic rings. The van der Waals surface area contributed by atoms with Crippen LogP contribution in [0, 0.1) is 21.4 Å². The third kappa shape index (κ3) is 6.92. The lowest BCUT2D eigenvalue weighted by Crippen LogP contribution is -2.49. The number of hydrogen-bond acceptors (Lipinski definition) is 6. The number of non-ortho nitro benzene ring substituents is 1. The number of rotatable bonds is 9. The molecular weight excluding hydrogens is 560 g/mol. The number of nitro benzene ring substituents is 1. The topological polar surface area (TPSA) is 99.7 Å². The first-order valence-corrected chi connectivity index (χ1v) is 13.2. The van der Waals surface area contributed by atoms with Crippen LogP contribution in [0.5, 0.6) is 5.75 Å². The molecular formula is C30H27BrN4O4. The van der Waals surface area contributed by atoms with E-state index in [9.17, 15) is 20.2 Å². The number of carbonyl (C=O) groups excluding carboxylic acids is 1. The Morgan fingerprint density at radius 2 is 1.85 bits per heavy atom. The van der Waals surface area contributed by atoms with Crippen molar-refractivity contribution in [1.29, 1.82) is 5.26 Å². The molecule has 39 heavy (non-hydrogen) atoms. The highest BCUT2D eigenvalue weighted by Gasteiger charge is 2.24. The summed E-state index contributed by atoms with van der Waals surface area (Å²) in [6.45, 7) is 6.41. The minimum absolute atomic E-state index is 0.00264. The zero-order valence-corrected chi connectivity index (χ0v) is 22.8. The molecule has 8 nitrogen and oxygen atoms in total. The van der Waals surface area contributed by atoms with Crippen LogP contribution < -0.4 is 9.64 Å². The van der Waals surface area contributed by atoms with Crippen molar-refractivity contribution in [2.45, 2.75) is 13.0 Å². The van der Waals surface area contributed by atoms with E-state index in [1.807, 2.05) is 36.4 Å². The SMILES string of the molecule is C=CCc1cc(/C=C(/C#N)C(=O)N2CCN(c3ccccc3)CC2)cc(Br)c1OCc1cccc([N+](=O)[O-])c1. The number of anilines is 1. The van der Waals surface area contributed by atoms with E-state index in [4.69, 9.17) is 4.74 Å². The molecule has 9 heteroatoms. The lowest BCUT2D eigenvalue weighted by Gasteiger charge is -2.36. The second-order valence-electron chi connectivity index (χ2n) is 8.98. The van der Waals surface area contributed by atoms with E-state index >= 15 is 0 Å². The molecule has 0 radical (unpaired) electrons. The molecule has 198 valence electrons. The summed E-state index contributed by atoms with van der Waals surface area (Å²) in [7, 11) is 0. The molecule has 0 unspecified atom stereocenters. The Balaban J connectivity index is 1.49. The average molecular weight is 587 g/mol. The van der Waals surface area contributed by atoms with Gasteiger partial charge in [-0.25, -0.2) is 0 Å². The van der Waals surface area contributed by atoms with Gasteiger partial charge in [-0.15, -0.1) is 6.58 Å².